The molecule has 0 bridgehead atoms. The van der Waals surface area contributed by atoms with Gasteiger partial charge in [0.05, 0.1) is 0 Å². The topological polar surface area (TPSA) is 17.1 Å². The highest BCUT2D eigenvalue weighted by Crippen LogP contribution is 2.04. The lowest BCUT2D eigenvalue weighted by Crippen LogP contribution is -1.88. The predicted molar refractivity (Wildman–Crippen MR) is 104 cm³/mol. The van der Waals surface area contributed by atoms with E-state index in [1.54, 1.807) is 6.92 Å². The van der Waals surface area contributed by atoms with Crippen molar-refractivity contribution in [2.45, 2.75) is 131 Å². The number of carbonyl (C=O) groups is 1. The molecule has 0 saturated carbocycles. The molecular weight excluding hydrogens is 268 g/mol. The van der Waals surface area contributed by atoms with Gasteiger partial charge in [0, 0.05) is 6.42 Å². The molecule has 0 N–H and O–H groups in total. The second-order valence-electron chi connectivity index (χ2n) is 6.28. The van der Waals surface area contributed by atoms with Gasteiger partial charge in [0.25, 0.3) is 0 Å². The Bertz CT molecular complexity index is 159. The number of carbonyl (C=O) groups excluding carboxylic acids is 1. The molecule has 0 aliphatic carbocycles. The molecule has 0 aromatic heterocycles. The molecule has 0 aliphatic heterocycles. The van der Waals surface area contributed by atoms with Gasteiger partial charge in [0.15, 0.2) is 0 Å². The quantitative estimate of drug-likeness (QED) is 0.332. The van der Waals surface area contributed by atoms with E-state index in [-0.39, 0.29) is 0 Å². The fraction of sp³-hybridized carbons (Fsp3) is 0.952. The predicted octanol–water partition coefficient (Wildman–Crippen LogP) is 8.11. The lowest BCUT2D eigenvalue weighted by atomic mass is 10.1. The first-order chi connectivity index (χ1) is 10.6. The van der Waals surface area contributed by atoms with E-state index in [1.165, 1.54) is 77.0 Å². The van der Waals surface area contributed by atoms with Crippen LogP contribution in [-0.2, 0) is 4.79 Å². The summed E-state index contributed by atoms with van der Waals surface area (Å²) in [5.74, 6) is 0.330. The minimum Gasteiger partial charge on any atom is -0.300 e. The molecule has 1 nitrogen and oxygen atoms in total. The van der Waals surface area contributed by atoms with Crippen molar-refractivity contribution in [3.63, 3.8) is 0 Å². The van der Waals surface area contributed by atoms with Gasteiger partial charge in [-0.05, 0) is 13.3 Å². The first kappa shape index (κ1) is 26.6. The van der Waals surface area contributed by atoms with Crippen molar-refractivity contribution in [3.8, 4) is 0 Å². The van der Waals surface area contributed by atoms with Gasteiger partial charge in [-0.25, -0.2) is 0 Å². The van der Waals surface area contributed by atoms with Crippen molar-refractivity contribution in [1.29, 1.82) is 0 Å². The third-order valence-corrected chi connectivity index (χ3v) is 3.55. The normalized spacial score (nSPS) is 9.36. The maximum atomic E-state index is 10.5. The number of ketones is 1. The fourth-order valence-corrected chi connectivity index (χ4v) is 1.98. The molecule has 0 amide bonds. The monoisotopic (exact) mass is 314 g/mol. The van der Waals surface area contributed by atoms with Crippen LogP contribution >= 0.6 is 0 Å². The molecular formula is C21H46O. The first-order valence-corrected chi connectivity index (χ1v) is 10.1. The van der Waals surface area contributed by atoms with Crippen molar-refractivity contribution in [1.82, 2.24) is 0 Å². The first-order valence-electron chi connectivity index (χ1n) is 10.1. The van der Waals surface area contributed by atoms with Crippen molar-refractivity contribution in [3.05, 3.63) is 0 Å². The molecule has 0 aliphatic rings. The Morgan fingerprint density at radius 3 is 1.05 bits per heavy atom. The summed E-state index contributed by atoms with van der Waals surface area (Å²) in [5, 5.41) is 0. The number of hydrogen-bond donors (Lipinski definition) is 0. The van der Waals surface area contributed by atoms with Gasteiger partial charge in [0.1, 0.15) is 5.78 Å². The van der Waals surface area contributed by atoms with E-state index >= 15 is 0 Å². The number of unbranched alkanes of at least 4 members (excludes halogenated alkanes) is 10. The van der Waals surface area contributed by atoms with E-state index in [4.69, 9.17) is 0 Å². The molecule has 0 saturated heterocycles. The second kappa shape index (κ2) is 28.8. The van der Waals surface area contributed by atoms with Crippen LogP contribution in [0.4, 0.5) is 0 Å². The summed E-state index contributed by atoms with van der Waals surface area (Å²) >= 11 is 0. The van der Waals surface area contributed by atoms with Crippen molar-refractivity contribution in [2.24, 2.45) is 0 Å². The third-order valence-electron chi connectivity index (χ3n) is 3.55. The van der Waals surface area contributed by atoms with Gasteiger partial charge in [-0.2, -0.15) is 0 Å². The SMILES string of the molecule is CCCCCC.CCCCCC.CCCCCCCC(C)=O. The van der Waals surface area contributed by atoms with Crippen LogP contribution < -0.4 is 0 Å². The Hall–Kier alpha value is -0.330. The summed E-state index contributed by atoms with van der Waals surface area (Å²) in [4.78, 5) is 10.5. The summed E-state index contributed by atoms with van der Waals surface area (Å²) in [6.07, 6.45) is 18.1. The standard InChI is InChI=1S/C9H18O.2C6H14/c1-3-4-5-6-7-8-9(2)10;2*1-3-5-6-4-2/h3-8H2,1-2H3;2*3-6H2,1-2H3. The smallest absolute Gasteiger partial charge is 0.129 e. The second-order valence-corrected chi connectivity index (χ2v) is 6.28. The van der Waals surface area contributed by atoms with Crippen LogP contribution in [0.2, 0.25) is 0 Å². The van der Waals surface area contributed by atoms with Crippen LogP contribution in [0.1, 0.15) is 131 Å². The van der Waals surface area contributed by atoms with E-state index in [9.17, 15) is 4.79 Å². The highest BCUT2D eigenvalue weighted by Gasteiger charge is 1.92. The molecule has 0 heterocycles. The zero-order valence-corrected chi connectivity index (χ0v) is 16.8. The minimum absolute atomic E-state index is 0.330. The zero-order valence-electron chi connectivity index (χ0n) is 16.8. The summed E-state index contributed by atoms with van der Waals surface area (Å²) in [7, 11) is 0. The van der Waals surface area contributed by atoms with Gasteiger partial charge in [-0.15, -0.1) is 0 Å². The van der Waals surface area contributed by atoms with Gasteiger partial charge < -0.3 is 4.79 Å². The van der Waals surface area contributed by atoms with Crippen LogP contribution in [0.3, 0.4) is 0 Å². The summed E-state index contributed by atoms with van der Waals surface area (Å²) in [6.45, 7) is 12.8. The molecule has 0 aromatic rings. The molecule has 0 atom stereocenters. The van der Waals surface area contributed by atoms with Crippen molar-refractivity contribution >= 4 is 5.78 Å². The Morgan fingerprint density at radius 1 is 0.500 bits per heavy atom. The third kappa shape index (κ3) is 42.7. The molecule has 1 heteroatoms. The molecule has 0 rings (SSSR count). The van der Waals surface area contributed by atoms with Crippen LogP contribution in [0.25, 0.3) is 0 Å². The van der Waals surface area contributed by atoms with E-state index in [1.807, 2.05) is 0 Å². The lowest BCUT2D eigenvalue weighted by molar-refractivity contribution is -0.117. The van der Waals surface area contributed by atoms with Crippen molar-refractivity contribution in [2.75, 3.05) is 0 Å². The number of Topliss-reactive ketones (excluding diaryl/α,β-unsaturated/α-hetero) is 1. The van der Waals surface area contributed by atoms with E-state index in [2.05, 4.69) is 34.6 Å². The number of hydrogen-bond acceptors (Lipinski definition) is 1. The van der Waals surface area contributed by atoms with Crippen LogP contribution in [0, 0.1) is 0 Å². The summed E-state index contributed by atoms with van der Waals surface area (Å²) in [5.41, 5.74) is 0. The molecule has 0 fully saturated rings. The Balaban J connectivity index is -0.000000261. The van der Waals surface area contributed by atoms with Crippen LogP contribution in [0.15, 0.2) is 0 Å². The maximum absolute atomic E-state index is 10.5. The van der Waals surface area contributed by atoms with Gasteiger partial charge in [0.2, 0.25) is 0 Å². The average molecular weight is 315 g/mol. The summed E-state index contributed by atoms with van der Waals surface area (Å²) < 4.78 is 0. The van der Waals surface area contributed by atoms with E-state index in [0.29, 0.717) is 5.78 Å². The zero-order chi connectivity index (χ0) is 17.5. The van der Waals surface area contributed by atoms with E-state index < -0.39 is 0 Å². The minimum atomic E-state index is 0.330. The van der Waals surface area contributed by atoms with Crippen molar-refractivity contribution < 1.29 is 4.79 Å². The van der Waals surface area contributed by atoms with Crippen LogP contribution in [0.5, 0.6) is 0 Å². The number of rotatable bonds is 12. The fourth-order valence-electron chi connectivity index (χ4n) is 1.98. The molecule has 0 radical (unpaired) electrons. The maximum Gasteiger partial charge on any atom is 0.129 e. The molecule has 0 spiro atoms. The molecule has 136 valence electrons. The average Bonchev–Trinajstić information content (AvgIpc) is 2.51. The molecule has 0 unspecified atom stereocenters. The van der Waals surface area contributed by atoms with Gasteiger partial charge in [-0.3, -0.25) is 0 Å². The molecule has 22 heavy (non-hydrogen) atoms. The van der Waals surface area contributed by atoms with E-state index in [0.717, 1.165) is 12.8 Å². The summed E-state index contributed by atoms with van der Waals surface area (Å²) in [6, 6.07) is 0. The Kier molecular flexibility index (Phi) is 34.7. The molecule has 0 aromatic carbocycles. The van der Waals surface area contributed by atoms with Gasteiger partial charge in [-0.1, -0.05) is 112 Å². The Morgan fingerprint density at radius 2 is 0.773 bits per heavy atom. The Labute approximate surface area is 142 Å². The highest BCUT2D eigenvalue weighted by atomic mass is 16.1. The lowest BCUT2D eigenvalue weighted by Gasteiger charge is -1.95. The van der Waals surface area contributed by atoms with Gasteiger partial charge >= 0.3 is 0 Å². The largest absolute Gasteiger partial charge is 0.300 e. The highest BCUT2D eigenvalue weighted by molar-refractivity contribution is 5.75. The van der Waals surface area contributed by atoms with Crippen LogP contribution in [-0.4, -0.2) is 5.78 Å².